The van der Waals surface area contributed by atoms with Gasteiger partial charge in [0.2, 0.25) is 0 Å². The second kappa shape index (κ2) is 11.0. The summed E-state index contributed by atoms with van der Waals surface area (Å²) in [5, 5.41) is 0. The minimum Gasteiger partial charge on any atom is -0.207 e. The summed E-state index contributed by atoms with van der Waals surface area (Å²) in [6.45, 7) is 6.14. The van der Waals surface area contributed by atoms with Crippen LogP contribution in [0.5, 0.6) is 0 Å². The van der Waals surface area contributed by atoms with E-state index in [0.29, 0.717) is 0 Å². The third-order valence-electron chi connectivity index (χ3n) is 1.02. The predicted octanol–water partition coefficient (Wildman–Crippen LogP) is 4.84. The zero-order valence-electron chi connectivity index (χ0n) is 9.32. The van der Waals surface area contributed by atoms with Crippen molar-refractivity contribution in [2.24, 2.45) is 0 Å². The summed E-state index contributed by atoms with van der Waals surface area (Å²) in [6, 6.07) is 7.86. The van der Waals surface area contributed by atoms with Crippen LogP contribution in [0.25, 0.3) is 0 Å². The first-order valence-electron chi connectivity index (χ1n) is 4.62. The number of hydrogen-bond acceptors (Lipinski definition) is 2. The van der Waals surface area contributed by atoms with Crippen molar-refractivity contribution in [2.75, 3.05) is 0 Å². The summed E-state index contributed by atoms with van der Waals surface area (Å²) >= 11 is 4.66. The fourth-order valence-electron chi connectivity index (χ4n) is 0.583. The molecule has 0 saturated carbocycles. The highest BCUT2D eigenvalue weighted by Gasteiger charge is 2.06. The zero-order chi connectivity index (χ0) is 13.2. The third-order valence-corrected chi connectivity index (χ3v) is 2.39. The molecule has 1 aromatic carbocycles. The maximum atomic E-state index is 10.6. The van der Waals surface area contributed by atoms with E-state index in [-0.39, 0.29) is 4.90 Å². The van der Waals surface area contributed by atoms with E-state index in [0.717, 1.165) is 1.93 Å². The lowest BCUT2D eigenvalue weighted by molar-refractivity contribution is 0.609. The van der Waals surface area contributed by atoms with E-state index in [9.17, 15) is 8.42 Å². The Bertz CT molecular complexity index is 350. The van der Waals surface area contributed by atoms with Gasteiger partial charge < -0.3 is 0 Å². The van der Waals surface area contributed by atoms with Crippen molar-refractivity contribution in [2.45, 2.75) is 27.6 Å². The van der Waals surface area contributed by atoms with Crippen molar-refractivity contribution in [3.05, 3.63) is 30.3 Å². The number of benzene rings is 1. The van der Waals surface area contributed by atoms with Crippen LogP contribution >= 0.6 is 55.9 Å². The smallest absolute Gasteiger partial charge is 0.207 e. The van der Waals surface area contributed by atoms with Crippen LogP contribution in [0.4, 0.5) is 0 Å². The Morgan fingerprint density at radius 1 is 1.12 bits per heavy atom. The van der Waals surface area contributed by atoms with Gasteiger partial charge in [0.1, 0.15) is 0 Å². The van der Waals surface area contributed by atoms with Crippen LogP contribution in [0.2, 0.25) is 0 Å². The van der Waals surface area contributed by atoms with E-state index < -0.39 is 9.05 Å². The topological polar surface area (TPSA) is 34.1 Å². The zero-order valence-corrected chi connectivity index (χ0v) is 15.2. The SMILES string of the molecule is CC.CC(I)I.O=S(=O)(Cl)c1ccccc1. The Labute approximate surface area is 130 Å². The monoisotopic (exact) mass is 488 g/mol. The van der Waals surface area contributed by atoms with Gasteiger partial charge in [-0.3, -0.25) is 0 Å². The molecule has 2 nitrogen and oxygen atoms in total. The average molecular weight is 489 g/mol. The molecule has 6 heteroatoms. The number of alkyl halides is 2. The van der Waals surface area contributed by atoms with Gasteiger partial charge in [0.25, 0.3) is 9.05 Å². The molecule has 0 aliphatic rings. The first-order chi connectivity index (χ1) is 7.34. The predicted molar refractivity (Wildman–Crippen MR) is 88.3 cm³/mol. The molecule has 0 fully saturated rings. The number of rotatable bonds is 1. The van der Waals surface area contributed by atoms with E-state index in [1.807, 2.05) is 13.8 Å². The number of halogens is 3. The average Bonchev–Trinajstić information content (AvgIpc) is 2.20. The van der Waals surface area contributed by atoms with Crippen molar-refractivity contribution in [3.63, 3.8) is 0 Å². The molecule has 94 valence electrons. The molecule has 0 radical (unpaired) electrons. The summed E-state index contributed by atoms with van der Waals surface area (Å²) in [5.74, 6) is 0. The first kappa shape index (κ1) is 19.3. The molecule has 1 aromatic rings. The highest BCUT2D eigenvalue weighted by atomic mass is 127. The van der Waals surface area contributed by atoms with Crippen LogP contribution in [-0.2, 0) is 9.05 Å². The third kappa shape index (κ3) is 13.0. The van der Waals surface area contributed by atoms with Gasteiger partial charge in [-0.25, -0.2) is 8.42 Å². The van der Waals surface area contributed by atoms with Crippen LogP contribution in [0.1, 0.15) is 20.8 Å². The standard InChI is InChI=1S/C6H5ClO2S.C2H4I2.C2H6/c7-10(8,9)6-4-2-1-3-5-6;1-2(3)4;1-2/h1-5H;2H,1H3;1-2H3. The van der Waals surface area contributed by atoms with Crippen molar-refractivity contribution < 1.29 is 8.42 Å². The van der Waals surface area contributed by atoms with Gasteiger partial charge in [0.15, 0.2) is 0 Å². The highest BCUT2D eigenvalue weighted by molar-refractivity contribution is 14.2. The maximum Gasteiger partial charge on any atom is 0.261 e. The Kier molecular flexibility index (Phi) is 13.3. The Hall–Kier alpha value is 0.920. The quantitative estimate of drug-likeness (QED) is 0.322. The molecule has 0 spiro atoms. The molecule has 0 aliphatic carbocycles. The lowest BCUT2D eigenvalue weighted by atomic mass is 10.4. The van der Waals surface area contributed by atoms with Gasteiger partial charge >= 0.3 is 0 Å². The molecule has 0 bridgehead atoms. The van der Waals surface area contributed by atoms with Gasteiger partial charge in [-0.1, -0.05) is 77.2 Å². The van der Waals surface area contributed by atoms with Crippen molar-refractivity contribution in [1.29, 1.82) is 0 Å². The summed E-state index contributed by atoms with van der Waals surface area (Å²) in [4.78, 5) is 0.136. The molecular formula is C10H15ClI2O2S. The molecule has 0 atom stereocenters. The molecule has 16 heavy (non-hydrogen) atoms. The fourth-order valence-corrected chi connectivity index (χ4v) is 1.37. The highest BCUT2D eigenvalue weighted by Crippen LogP contribution is 2.12. The van der Waals surface area contributed by atoms with Crippen molar-refractivity contribution in [1.82, 2.24) is 0 Å². The second-order valence-corrected chi connectivity index (χ2v) is 11.0. The maximum absolute atomic E-state index is 10.6. The van der Waals surface area contributed by atoms with Gasteiger partial charge in [0, 0.05) is 10.7 Å². The van der Waals surface area contributed by atoms with Gasteiger partial charge in [0.05, 0.1) is 6.83 Å². The minimum atomic E-state index is -3.53. The molecule has 0 amide bonds. The van der Waals surface area contributed by atoms with E-state index in [1.54, 1.807) is 18.2 Å². The van der Waals surface area contributed by atoms with E-state index in [4.69, 9.17) is 10.7 Å². The van der Waals surface area contributed by atoms with E-state index >= 15 is 0 Å². The van der Waals surface area contributed by atoms with Gasteiger partial charge in [-0.2, -0.15) is 0 Å². The second-order valence-electron chi connectivity index (χ2n) is 2.27. The normalized spacial score (nSPS) is 9.69. The summed E-state index contributed by atoms with van der Waals surface area (Å²) in [6.07, 6.45) is 0. The summed E-state index contributed by atoms with van der Waals surface area (Å²) in [7, 11) is 1.50. The Morgan fingerprint density at radius 2 is 1.44 bits per heavy atom. The van der Waals surface area contributed by atoms with Crippen LogP contribution in [-0.4, -0.2) is 10.3 Å². The van der Waals surface area contributed by atoms with Crippen LogP contribution in [0.15, 0.2) is 35.2 Å². The lowest BCUT2D eigenvalue weighted by Gasteiger charge is -1.91. The minimum absolute atomic E-state index is 0.136. The molecule has 1 rings (SSSR count). The first-order valence-corrected chi connectivity index (χ1v) is 9.42. The molecule has 0 aliphatic heterocycles. The van der Waals surface area contributed by atoms with E-state index in [2.05, 4.69) is 52.1 Å². The molecular weight excluding hydrogens is 473 g/mol. The van der Waals surface area contributed by atoms with Crippen LogP contribution in [0.3, 0.4) is 0 Å². The summed E-state index contributed by atoms with van der Waals surface area (Å²) < 4.78 is 22.0. The largest absolute Gasteiger partial charge is 0.261 e. The lowest BCUT2D eigenvalue weighted by Crippen LogP contribution is -1.87. The molecule has 0 saturated heterocycles. The Balaban J connectivity index is 0. The van der Waals surface area contributed by atoms with Gasteiger partial charge in [-0.05, 0) is 19.1 Å². The van der Waals surface area contributed by atoms with Crippen LogP contribution < -0.4 is 0 Å². The Morgan fingerprint density at radius 3 is 1.62 bits per heavy atom. The summed E-state index contributed by atoms with van der Waals surface area (Å²) in [5.41, 5.74) is 0. The molecule has 0 unspecified atom stereocenters. The number of hydrogen-bond donors (Lipinski definition) is 0. The molecule has 0 heterocycles. The van der Waals surface area contributed by atoms with Crippen LogP contribution in [0, 0.1) is 0 Å². The van der Waals surface area contributed by atoms with Gasteiger partial charge in [-0.15, -0.1) is 0 Å². The molecule has 0 N–H and O–H groups in total. The van der Waals surface area contributed by atoms with Crippen molar-refractivity contribution >= 4 is 64.9 Å². The van der Waals surface area contributed by atoms with E-state index in [1.165, 1.54) is 12.1 Å². The molecule has 0 aromatic heterocycles. The van der Waals surface area contributed by atoms with Crippen molar-refractivity contribution in [3.8, 4) is 0 Å². The fraction of sp³-hybridized carbons (Fsp3) is 0.400.